The lowest BCUT2D eigenvalue weighted by Gasteiger charge is -2.25. The summed E-state index contributed by atoms with van der Waals surface area (Å²) in [7, 11) is 0. The van der Waals surface area contributed by atoms with Gasteiger partial charge in [-0.15, -0.1) is 11.3 Å². The molecule has 0 aliphatic carbocycles. The molecule has 1 aromatic carbocycles. The van der Waals surface area contributed by atoms with Crippen LogP contribution < -0.4 is 5.73 Å². The molecule has 0 radical (unpaired) electrons. The maximum Gasteiger partial charge on any atom is 0.172 e. The van der Waals surface area contributed by atoms with E-state index in [2.05, 4.69) is 38.1 Å². The number of hydrogen-bond acceptors (Lipinski definition) is 4. The molecule has 0 bridgehead atoms. The molecule has 0 aliphatic rings. The van der Waals surface area contributed by atoms with Crippen molar-refractivity contribution in [2.45, 2.75) is 64.8 Å². The Bertz CT molecular complexity index is 714. The molecule has 3 N–H and O–H groups in total. The molecule has 2 rings (SSSR count). The molecular formula is C22H31NO2S. The molecule has 0 saturated heterocycles. The number of aryl methyl sites for hydroxylation is 4. The number of rotatable bonds is 10. The Morgan fingerprint density at radius 3 is 2.50 bits per heavy atom. The van der Waals surface area contributed by atoms with E-state index in [4.69, 9.17) is 5.73 Å². The number of aliphatic hydroxyl groups is 1. The zero-order valence-corrected chi connectivity index (χ0v) is 17.0. The Morgan fingerprint density at radius 2 is 1.88 bits per heavy atom. The lowest BCUT2D eigenvalue weighted by atomic mass is 9.92. The van der Waals surface area contributed by atoms with Crippen molar-refractivity contribution in [3.63, 3.8) is 0 Å². The molecule has 1 atom stereocenters. The third kappa shape index (κ3) is 5.76. The summed E-state index contributed by atoms with van der Waals surface area (Å²) in [6, 6.07) is 10.5. The van der Waals surface area contributed by atoms with E-state index in [1.54, 1.807) is 11.3 Å². The number of nitrogens with two attached hydrogens (primary N) is 1. The van der Waals surface area contributed by atoms with E-state index in [-0.39, 0.29) is 12.4 Å². The first-order valence-corrected chi connectivity index (χ1v) is 10.3. The van der Waals surface area contributed by atoms with Crippen molar-refractivity contribution in [3.05, 3.63) is 56.8 Å². The lowest BCUT2D eigenvalue weighted by molar-refractivity contribution is 0.0984. The van der Waals surface area contributed by atoms with Gasteiger partial charge < -0.3 is 10.8 Å². The molecule has 142 valence electrons. The van der Waals surface area contributed by atoms with Crippen LogP contribution in [0.2, 0.25) is 0 Å². The van der Waals surface area contributed by atoms with Gasteiger partial charge in [-0.3, -0.25) is 4.79 Å². The van der Waals surface area contributed by atoms with Gasteiger partial charge in [-0.1, -0.05) is 36.8 Å². The van der Waals surface area contributed by atoms with E-state index in [9.17, 15) is 9.90 Å². The van der Waals surface area contributed by atoms with Crippen molar-refractivity contribution >= 4 is 17.1 Å². The van der Waals surface area contributed by atoms with Gasteiger partial charge in [0.2, 0.25) is 0 Å². The van der Waals surface area contributed by atoms with Crippen LogP contribution in [0, 0.1) is 13.8 Å². The molecule has 0 aliphatic heterocycles. The van der Waals surface area contributed by atoms with Crippen LogP contribution in [0.5, 0.6) is 0 Å². The van der Waals surface area contributed by atoms with E-state index >= 15 is 0 Å². The van der Waals surface area contributed by atoms with Gasteiger partial charge in [0.1, 0.15) is 0 Å². The van der Waals surface area contributed by atoms with Gasteiger partial charge in [-0.25, -0.2) is 0 Å². The van der Waals surface area contributed by atoms with Gasteiger partial charge in [0, 0.05) is 16.8 Å². The van der Waals surface area contributed by atoms with Crippen LogP contribution >= 0.6 is 11.3 Å². The Kier molecular flexibility index (Phi) is 7.56. The maximum absolute atomic E-state index is 12.5. The summed E-state index contributed by atoms with van der Waals surface area (Å²) in [5.41, 5.74) is 9.37. The van der Waals surface area contributed by atoms with Crippen LogP contribution in [0.3, 0.4) is 0 Å². The first kappa shape index (κ1) is 20.8. The van der Waals surface area contributed by atoms with Gasteiger partial charge in [0.15, 0.2) is 5.78 Å². The minimum Gasteiger partial charge on any atom is -0.394 e. The Hall–Kier alpha value is -1.49. The van der Waals surface area contributed by atoms with Crippen LogP contribution in [0.1, 0.15) is 63.8 Å². The first-order chi connectivity index (χ1) is 12.4. The predicted octanol–water partition coefficient (Wildman–Crippen LogP) is 4.60. The van der Waals surface area contributed by atoms with Crippen LogP contribution in [0.4, 0.5) is 0 Å². The van der Waals surface area contributed by atoms with Crippen LogP contribution in [0.25, 0.3) is 0 Å². The lowest BCUT2D eigenvalue weighted by Crippen LogP contribution is -2.43. The summed E-state index contributed by atoms with van der Waals surface area (Å²) in [5, 5.41) is 9.46. The quantitative estimate of drug-likeness (QED) is 0.598. The monoisotopic (exact) mass is 373 g/mol. The van der Waals surface area contributed by atoms with Gasteiger partial charge in [-0.2, -0.15) is 0 Å². The van der Waals surface area contributed by atoms with E-state index in [0.717, 1.165) is 42.5 Å². The molecule has 4 heteroatoms. The van der Waals surface area contributed by atoms with E-state index < -0.39 is 5.54 Å². The van der Waals surface area contributed by atoms with Crippen LogP contribution in [-0.2, 0) is 12.8 Å². The largest absolute Gasteiger partial charge is 0.394 e. The summed E-state index contributed by atoms with van der Waals surface area (Å²) >= 11 is 1.59. The molecular weight excluding hydrogens is 342 g/mol. The normalized spacial score (nSPS) is 13.6. The summed E-state index contributed by atoms with van der Waals surface area (Å²) < 4.78 is 0. The summed E-state index contributed by atoms with van der Waals surface area (Å²) in [4.78, 5) is 14.6. The van der Waals surface area contributed by atoms with Gasteiger partial charge in [0.25, 0.3) is 0 Å². The minimum atomic E-state index is -0.519. The predicted molar refractivity (Wildman–Crippen MR) is 110 cm³/mol. The smallest absolute Gasteiger partial charge is 0.172 e. The molecule has 0 spiro atoms. The molecule has 1 heterocycles. The number of benzene rings is 1. The third-order valence-corrected chi connectivity index (χ3v) is 6.49. The number of carbonyl (C=O) groups is 1. The number of thiophene rings is 1. The fourth-order valence-corrected chi connectivity index (χ4v) is 4.11. The molecule has 3 nitrogen and oxygen atoms in total. The highest BCUT2D eigenvalue weighted by Crippen LogP contribution is 2.27. The number of ketones is 1. The second-order valence-corrected chi connectivity index (χ2v) is 8.49. The number of aliphatic hydroxyl groups excluding tert-OH is 1. The van der Waals surface area contributed by atoms with E-state index in [0.29, 0.717) is 6.42 Å². The molecule has 1 unspecified atom stereocenters. The SMILES string of the molecule is CCC(N)(CO)CCc1sc(C(=O)CCCc2ccc(C)cc2)cc1C. The zero-order chi connectivity index (χ0) is 19.2. The Labute approximate surface area is 161 Å². The molecule has 0 fully saturated rings. The van der Waals surface area contributed by atoms with E-state index in [1.165, 1.54) is 16.0 Å². The highest BCUT2D eigenvalue weighted by Gasteiger charge is 2.22. The van der Waals surface area contributed by atoms with Crippen molar-refractivity contribution in [3.8, 4) is 0 Å². The van der Waals surface area contributed by atoms with Crippen LogP contribution in [-0.4, -0.2) is 23.0 Å². The fourth-order valence-electron chi connectivity index (χ4n) is 2.97. The first-order valence-electron chi connectivity index (χ1n) is 9.44. The van der Waals surface area contributed by atoms with Crippen molar-refractivity contribution in [1.82, 2.24) is 0 Å². The number of hydrogen-bond donors (Lipinski definition) is 2. The van der Waals surface area contributed by atoms with Crippen LogP contribution in [0.15, 0.2) is 30.3 Å². The summed E-state index contributed by atoms with van der Waals surface area (Å²) in [5.74, 6) is 0.230. The van der Waals surface area contributed by atoms with E-state index in [1.807, 2.05) is 13.0 Å². The highest BCUT2D eigenvalue weighted by molar-refractivity contribution is 7.14. The fraction of sp³-hybridized carbons (Fsp3) is 0.500. The molecule has 0 saturated carbocycles. The topological polar surface area (TPSA) is 63.3 Å². The second kappa shape index (κ2) is 9.45. The Balaban J connectivity index is 1.88. The third-order valence-electron chi connectivity index (χ3n) is 5.15. The van der Waals surface area contributed by atoms with Gasteiger partial charge in [-0.05, 0) is 63.1 Å². The average Bonchev–Trinajstić information content (AvgIpc) is 3.02. The molecule has 26 heavy (non-hydrogen) atoms. The summed E-state index contributed by atoms with van der Waals surface area (Å²) in [6.45, 7) is 6.14. The summed E-state index contributed by atoms with van der Waals surface area (Å²) in [6.07, 6.45) is 4.70. The van der Waals surface area contributed by atoms with Gasteiger partial charge >= 0.3 is 0 Å². The van der Waals surface area contributed by atoms with Crippen molar-refractivity contribution < 1.29 is 9.90 Å². The van der Waals surface area contributed by atoms with Crippen molar-refractivity contribution in [1.29, 1.82) is 0 Å². The van der Waals surface area contributed by atoms with Gasteiger partial charge in [0.05, 0.1) is 11.5 Å². The Morgan fingerprint density at radius 1 is 1.19 bits per heavy atom. The standard InChI is InChI=1S/C22H31NO2S/c1-4-22(23,15-24)13-12-20-17(3)14-21(26-20)19(25)7-5-6-18-10-8-16(2)9-11-18/h8-11,14,24H,4-7,12-13,15,23H2,1-3H3. The average molecular weight is 374 g/mol. The molecule has 2 aromatic rings. The van der Waals surface area contributed by atoms with Crippen molar-refractivity contribution in [2.75, 3.05) is 6.61 Å². The zero-order valence-electron chi connectivity index (χ0n) is 16.2. The second-order valence-electron chi connectivity index (χ2n) is 7.35. The van der Waals surface area contributed by atoms with Crippen molar-refractivity contribution in [2.24, 2.45) is 5.73 Å². The highest BCUT2D eigenvalue weighted by atomic mass is 32.1. The number of carbonyl (C=O) groups excluding carboxylic acids is 1. The number of Topliss-reactive ketones (excluding diaryl/α,β-unsaturated/α-hetero) is 1. The molecule has 0 amide bonds. The minimum absolute atomic E-state index is 0.00127. The maximum atomic E-state index is 12.5. The molecule has 1 aromatic heterocycles.